The average molecular weight is 481 g/mol. The monoisotopic (exact) mass is 480 g/mol. The maximum atomic E-state index is 13.9. The van der Waals surface area contributed by atoms with Crippen LogP contribution in [0.15, 0.2) is 36.9 Å². The first kappa shape index (κ1) is 24.0. The highest BCUT2D eigenvalue weighted by molar-refractivity contribution is 5.56. The number of nitrogens with zero attached hydrogens (tertiary/aromatic N) is 4. The van der Waals surface area contributed by atoms with Crippen molar-refractivity contribution in [2.45, 2.75) is 64.1 Å². The van der Waals surface area contributed by atoms with Gasteiger partial charge < -0.3 is 21.3 Å². The number of aromatic nitrogens is 2. The van der Waals surface area contributed by atoms with Crippen molar-refractivity contribution in [1.29, 1.82) is 0 Å². The number of nitrogen functional groups attached to an aromatic ring is 1. The van der Waals surface area contributed by atoms with Crippen molar-refractivity contribution >= 4 is 11.6 Å². The van der Waals surface area contributed by atoms with Crippen molar-refractivity contribution in [1.82, 2.24) is 30.0 Å². The summed E-state index contributed by atoms with van der Waals surface area (Å²) in [7, 11) is 0. The van der Waals surface area contributed by atoms with Crippen LogP contribution in [-0.4, -0.2) is 53.4 Å². The number of likely N-dealkylation sites (tertiary alicyclic amines) is 2. The van der Waals surface area contributed by atoms with E-state index in [4.69, 9.17) is 10.7 Å². The second-order valence-electron chi connectivity index (χ2n) is 10.4. The average Bonchev–Trinajstić information content (AvgIpc) is 3.57. The first-order chi connectivity index (χ1) is 17.0. The van der Waals surface area contributed by atoms with Gasteiger partial charge in [0.25, 0.3) is 5.79 Å². The van der Waals surface area contributed by atoms with Gasteiger partial charge in [-0.3, -0.25) is 0 Å². The summed E-state index contributed by atoms with van der Waals surface area (Å²) in [6.45, 7) is 9.19. The zero-order valence-electron chi connectivity index (χ0n) is 21.1. The molecule has 8 heteroatoms. The van der Waals surface area contributed by atoms with Crippen molar-refractivity contribution < 1.29 is 4.39 Å². The Balaban J connectivity index is 1.51. The molecule has 0 bridgehead atoms. The minimum atomic E-state index is -0.392. The van der Waals surface area contributed by atoms with Crippen LogP contribution < -0.4 is 20.9 Å². The number of hydrogen-bond donors (Lipinski definition) is 3. The number of nitrogens with one attached hydrogen (secondary N) is 2. The zero-order chi connectivity index (χ0) is 24.5. The number of piperidine rings is 1. The van der Waals surface area contributed by atoms with E-state index in [1.807, 2.05) is 31.5 Å². The van der Waals surface area contributed by atoms with Crippen molar-refractivity contribution in [3.63, 3.8) is 0 Å². The second-order valence-corrected chi connectivity index (χ2v) is 10.4. The van der Waals surface area contributed by atoms with Crippen molar-refractivity contribution in [3.8, 4) is 0 Å². The van der Waals surface area contributed by atoms with E-state index in [9.17, 15) is 4.39 Å². The minimum Gasteiger partial charge on any atom is -0.383 e. The van der Waals surface area contributed by atoms with E-state index in [-0.39, 0.29) is 5.82 Å². The van der Waals surface area contributed by atoms with Gasteiger partial charge in [-0.05, 0) is 62.4 Å². The second kappa shape index (κ2) is 9.74. The van der Waals surface area contributed by atoms with Gasteiger partial charge in [0, 0.05) is 31.8 Å². The van der Waals surface area contributed by atoms with Gasteiger partial charge in [-0.25, -0.2) is 13.9 Å². The zero-order valence-corrected chi connectivity index (χ0v) is 21.1. The lowest BCUT2D eigenvalue weighted by molar-refractivity contribution is 0.0212. The molecule has 35 heavy (non-hydrogen) atoms. The summed E-state index contributed by atoms with van der Waals surface area (Å²) in [5.41, 5.74) is 9.39. The van der Waals surface area contributed by atoms with Crippen LogP contribution >= 0.6 is 0 Å². The van der Waals surface area contributed by atoms with E-state index in [0.717, 1.165) is 62.3 Å². The van der Waals surface area contributed by atoms with Crippen molar-refractivity contribution in [2.75, 3.05) is 38.5 Å². The highest BCUT2D eigenvalue weighted by atomic mass is 19.1. The van der Waals surface area contributed by atoms with Gasteiger partial charge >= 0.3 is 0 Å². The van der Waals surface area contributed by atoms with E-state index in [2.05, 4.69) is 27.4 Å². The standard InChI is InChI=1S/C27H39FN7/c1-3-23-25(29)30-19-31-26(23)35(27(32-11-12-33-27)10-15-34-13-4-5-14-34)16-8-21(9-17-35)22-6-7-24(28)20(2)18-22/h6-7,11-12,18-19,21,32-33H,3-5,8-10,13-17H2,1-2H3,(H2,29,30,31)/q+1. The molecular formula is C27H39FN7+. The Morgan fingerprint density at radius 1 is 1.14 bits per heavy atom. The van der Waals surface area contributed by atoms with E-state index < -0.39 is 5.79 Å². The number of halogens is 1. The van der Waals surface area contributed by atoms with E-state index >= 15 is 0 Å². The van der Waals surface area contributed by atoms with E-state index in [1.165, 1.54) is 31.5 Å². The summed E-state index contributed by atoms with van der Waals surface area (Å²) in [4.78, 5) is 11.8. The molecule has 0 spiro atoms. The number of rotatable bonds is 7. The Bertz CT molecular complexity index is 1060. The van der Waals surface area contributed by atoms with Crippen LogP contribution in [0.4, 0.5) is 16.0 Å². The van der Waals surface area contributed by atoms with Gasteiger partial charge in [-0.2, -0.15) is 4.98 Å². The fraction of sp³-hybridized carbons (Fsp3) is 0.556. The molecule has 2 saturated heterocycles. The molecule has 2 aromatic rings. The first-order valence-electron chi connectivity index (χ1n) is 13.1. The molecule has 0 atom stereocenters. The first-order valence-corrected chi connectivity index (χ1v) is 13.1. The van der Waals surface area contributed by atoms with Crippen molar-refractivity contribution in [2.24, 2.45) is 0 Å². The predicted octanol–water partition coefficient (Wildman–Crippen LogP) is 3.76. The summed E-state index contributed by atoms with van der Waals surface area (Å²) >= 11 is 0. The largest absolute Gasteiger partial charge is 0.383 e. The minimum absolute atomic E-state index is 0.134. The van der Waals surface area contributed by atoms with Gasteiger partial charge in [0.2, 0.25) is 5.82 Å². The lowest BCUT2D eigenvalue weighted by Crippen LogP contribution is -2.77. The smallest absolute Gasteiger partial charge is 0.257 e. The molecule has 2 fully saturated rings. The molecule has 1 aromatic heterocycles. The van der Waals surface area contributed by atoms with Gasteiger partial charge in [-0.1, -0.05) is 19.1 Å². The summed E-state index contributed by atoms with van der Waals surface area (Å²) in [6, 6.07) is 5.60. The van der Waals surface area contributed by atoms with Crippen molar-refractivity contribution in [3.05, 3.63) is 59.4 Å². The van der Waals surface area contributed by atoms with E-state index in [1.54, 1.807) is 12.4 Å². The molecule has 1 aromatic carbocycles. The number of nitrogens with two attached hydrogens (primary N) is 1. The van der Waals surface area contributed by atoms with Crippen LogP contribution in [0.2, 0.25) is 0 Å². The Morgan fingerprint density at radius 2 is 1.86 bits per heavy atom. The summed E-state index contributed by atoms with van der Waals surface area (Å²) < 4.78 is 14.6. The Kier molecular flexibility index (Phi) is 6.68. The maximum Gasteiger partial charge on any atom is 0.257 e. The van der Waals surface area contributed by atoms with Crippen LogP contribution in [0.5, 0.6) is 0 Å². The normalized spacial score (nSPS) is 26.0. The molecule has 3 aliphatic rings. The third-order valence-corrected chi connectivity index (χ3v) is 8.53. The van der Waals surface area contributed by atoms with Crippen LogP contribution in [0.3, 0.4) is 0 Å². The molecule has 7 nitrogen and oxygen atoms in total. The van der Waals surface area contributed by atoms with E-state index in [0.29, 0.717) is 16.2 Å². The molecule has 0 aliphatic carbocycles. The Labute approximate surface area is 208 Å². The number of hydrogen-bond acceptors (Lipinski definition) is 6. The molecule has 5 rings (SSSR count). The fourth-order valence-corrected chi connectivity index (χ4v) is 6.49. The van der Waals surface area contributed by atoms with Gasteiger partial charge in [-0.15, -0.1) is 0 Å². The molecule has 3 aliphatic heterocycles. The topological polar surface area (TPSA) is 79.1 Å². The lowest BCUT2D eigenvalue weighted by Gasteiger charge is -2.53. The van der Waals surface area contributed by atoms with Gasteiger partial charge in [0.05, 0.1) is 25.1 Å². The SMILES string of the molecule is CCc1c(N)ncnc1[N+]1(C2(CCN3CCCC3)NC=CN2)CCC(c2ccc(F)c(C)c2)CC1. The third kappa shape index (κ3) is 4.27. The van der Waals surface area contributed by atoms with Crippen LogP contribution in [-0.2, 0) is 6.42 Å². The predicted molar refractivity (Wildman–Crippen MR) is 139 cm³/mol. The number of anilines is 1. The molecule has 0 amide bonds. The number of quaternary nitrogens is 1. The highest BCUT2D eigenvalue weighted by Gasteiger charge is 2.57. The van der Waals surface area contributed by atoms with Gasteiger partial charge in [0.1, 0.15) is 18.0 Å². The quantitative estimate of drug-likeness (QED) is 0.524. The Morgan fingerprint density at radius 3 is 2.51 bits per heavy atom. The molecule has 4 heterocycles. The maximum absolute atomic E-state index is 13.9. The molecule has 0 radical (unpaired) electrons. The molecule has 0 saturated carbocycles. The fourth-order valence-electron chi connectivity index (χ4n) is 6.49. The third-order valence-electron chi connectivity index (χ3n) is 8.53. The number of aryl methyl sites for hydroxylation is 1. The molecule has 188 valence electrons. The highest BCUT2D eigenvalue weighted by Crippen LogP contribution is 2.43. The summed E-state index contributed by atoms with van der Waals surface area (Å²) in [6.07, 6.45) is 12.0. The molecular weight excluding hydrogens is 441 g/mol. The summed E-state index contributed by atoms with van der Waals surface area (Å²) in [5.74, 6) is 1.47. The van der Waals surface area contributed by atoms with Crippen LogP contribution in [0.1, 0.15) is 61.6 Å². The Hall–Kier alpha value is -2.71. The number of benzene rings is 1. The molecule has 4 N–H and O–H groups in total. The lowest BCUT2D eigenvalue weighted by atomic mass is 9.85. The summed E-state index contributed by atoms with van der Waals surface area (Å²) in [5, 5.41) is 7.50. The van der Waals surface area contributed by atoms with Crippen LogP contribution in [0, 0.1) is 12.7 Å². The molecule has 0 unspecified atom stereocenters. The van der Waals surface area contributed by atoms with Gasteiger partial charge in [0.15, 0.2) is 0 Å². The van der Waals surface area contributed by atoms with Crippen LogP contribution in [0.25, 0.3) is 0 Å².